The number of piperidine rings is 1. The molecule has 0 bridgehead atoms. The number of anilines is 1. The molecule has 1 N–H and O–H groups in total. The van der Waals surface area contributed by atoms with Gasteiger partial charge in [0.2, 0.25) is 0 Å². The molecule has 1 saturated heterocycles. The molecular weight excluding hydrogens is 422 g/mol. The largest absolute Gasteiger partial charge is 0.322 e. The lowest BCUT2D eigenvalue weighted by molar-refractivity contribution is 0.102. The van der Waals surface area contributed by atoms with Gasteiger partial charge in [-0.05, 0) is 63.1 Å². The number of rotatable bonds is 7. The van der Waals surface area contributed by atoms with E-state index in [1.54, 1.807) is 23.1 Å². The first-order valence-corrected chi connectivity index (χ1v) is 12.7. The summed E-state index contributed by atoms with van der Waals surface area (Å²) in [5.74, 6) is 0.688. The fourth-order valence-corrected chi connectivity index (χ4v) is 5.59. The third-order valence-electron chi connectivity index (χ3n) is 5.71. The zero-order valence-electron chi connectivity index (χ0n) is 18.1. The summed E-state index contributed by atoms with van der Waals surface area (Å²) in [6.45, 7) is 6.48. The normalized spacial score (nSPS) is 16.9. The van der Waals surface area contributed by atoms with E-state index in [1.807, 2.05) is 43.3 Å². The second-order valence-electron chi connectivity index (χ2n) is 8.11. The maximum absolute atomic E-state index is 12.9. The predicted octanol–water partition coefficient (Wildman–Crippen LogP) is 6.37. The number of benzene rings is 2. The Balaban J connectivity index is 1.38. The smallest absolute Gasteiger partial charge is 0.256 e. The third-order valence-corrected chi connectivity index (χ3v) is 7.64. The van der Waals surface area contributed by atoms with E-state index in [1.165, 1.54) is 31.4 Å². The number of likely N-dealkylation sites (tertiary alicyclic amines) is 1. The lowest BCUT2D eigenvalue weighted by Crippen LogP contribution is -2.36. The number of aryl methyl sites for hydroxylation is 1. The molecule has 1 unspecified atom stereocenters. The molecule has 2 heterocycles. The van der Waals surface area contributed by atoms with Crippen LogP contribution in [-0.4, -0.2) is 28.4 Å². The molecule has 31 heavy (non-hydrogen) atoms. The summed E-state index contributed by atoms with van der Waals surface area (Å²) in [6, 6.07) is 16.7. The second-order valence-corrected chi connectivity index (χ2v) is 10.2. The number of hydrogen-bond donors (Lipinski definition) is 1. The minimum atomic E-state index is -0.0741. The van der Waals surface area contributed by atoms with E-state index in [-0.39, 0.29) is 5.91 Å². The number of nitrogens with zero attached hydrogens (tertiary/aromatic N) is 2. The molecule has 1 aliphatic heterocycles. The average molecular weight is 452 g/mol. The number of carbonyl (C=O) groups is 1. The summed E-state index contributed by atoms with van der Waals surface area (Å²) in [6.07, 6.45) is 3.91. The highest BCUT2D eigenvalue weighted by Gasteiger charge is 2.18. The van der Waals surface area contributed by atoms with Gasteiger partial charge in [0.25, 0.3) is 5.91 Å². The van der Waals surface area contributed by atoms with Gasteiger partial charge in [0.05, 0.1) is 16.3 Å². The van der Waals surface area contributed by atoms with Crippen molar-refractivity contribution in [2.75, 3.05) is 11.9 Å². The molecule has 1 amide bonds. The Kier molecular flexibility index (Phi) is 7.43. The Hall–Kier alpha value is -2.15. The molecule has 1 fully saturated rings. The van der Waals surface area contributed by atoms with Crippen LogP contribution in [0.25, 0.3) is 0 Å². The van der Waals surface area contributed by atoms with Crippen LogP contribution in [0, 0.1) is 6.92 Å². The summed E-state index contributed by atoms with van der Waals surface area (Å²) >= 11 is 3.31. The van der Waals surface area contributed by atoms with Gasteiger partial charge in [0.15, 0.2) is 0 Å². The summed E-state index contributed by atoms with van der Waals surface area (Å²) in [5, 5.41) is 6.21. The number of hydrogen-bond acceptors (Lipinski definition) is 5. The quantitative estimate of drug-likeness (QED) is 0.424. The van der Waals surface area contributed by atoms with Crippen molar-refractivity contribution >= 4 is 34.7 Å². The van der Waals surface area contributed by atoms with Crippen molar-refractivity contribution in [1.82, 2.24) is 9.88 Å². The van der Waals surface area contributed by atoms with E-state index in [9.17, 15) is 4.79 Å². The van der Waals surface area contributed by atoms with Gasteiger partial charge in [-0.1, -0.05) is 30.7 Å². The van der Waals surface area contributed by atoms with Crippen molar-refractivity contribution in [3.63, 3.8) is 0 Å². The lowest BCUT2D eigenvalue weighted by Gasteiger charge is -2.33. The molecule has 1 atom stereocenters. The molecule has 1 aromatic heterocycles. The van der Waals surface area contributed by atoms with E-state index >= 15 is 0 Å². The standard InChI is InChI=1S/C25H29N3OS2/c1-18-7-5-6-14-28(18)15-20-10-12-21(13-11-20)27-25(29)23-8-3-4-9-24(23)31-17-22-16-30-19(2)26-22/h3-4,8-13,16,18H,5-7,14-15,17H2,1-2H3,(H,27,29). The Bertz CT molecular complexity index is 1020. The van der Waals surface area contributed by atoms with Crippen molar-refractivity contribution in [3.8, 4) is 0 Å². The van der Waals surface area contributed by atoms with E-state index in [2.05, 4.69) is 39.6 Å². The zero-order chi connectivity index (χ0) is 21.6. The molecule has 1 aliphatic rings. The lowest BCUT2D eigenvalue weighted by atomic mass is 10.0. The molecular formula is C25H29N3OS2. The van der Waals surface area contributed by atoms with Crippen LogP contribution in [0.1, 0.15) is 52.8 Å². The van der Waals surface area contributed by atoms with Crippen LogP contribution in [0.5, 0.6) is 0 Å². The number of thiazole rings is 1. The van der Waals surface area contributed by atoms with Crippen molar-refractivity contribution in [1.29, 1.82) is 0 Å². The summed E-state index contributed by atoms with van der Waals surface area (Å²) in [4.78, 5) is 21.0. The van der Waals surface area contributed by atoms with Gasteiger partial charge in [-0.15, -0.1) is 23.1 Å². The summed E-state index contributed by atoms with van der Waals surface area (Å²) in [5.41, 5.74) is 3.88. The second kappa shape index (κ2) is 10.4. The summed E-state index contributed by atoms with van der Waals surface area (Å²) in [7, 11) is 0. The Morgan fingerprint density at radius 2 is 2.00 bits per heavy atom. The minimum Gasteiger partial charge on any atom is -0.322 e. The van der Waals surface area contributed by atoms with Gasteiger partial charge in [-0.2, -0.15) is 0 Å². The minimum absolute atomic E-state index is 0.0741. The van der Waals surface area contributed by atoms with Crippen LogP contribution in [0.15, 0.2) is 58.8 Å². The van der Waals surface area contributed by atoms with Crippen LogP contribution in [0.2, 0.25) is 0 Å². The predicted molar refractivity (Wildman–Crippen MR) is 131 cm³/mol. The number of aromatic nitrogens is 1. The monoisotopic (exact) mass is 451 g/mol. The molecule has 0 spiro atoms. The van der Waals surface area contributed by atoms with Crippen LogP contribution >= 0.6 is 23.1 Å². The average Bonchev–Trinajstić information content (AvgIpc) is 3.20. The van der Waals surface area contributed by atoms with Crippen molar-refractivity contribution in [3.05, 3.63) is 75.7 Å². The van der Waals surface area contributed by atoms with E-state index in [4.69, 9.17) is 0 Å². The SMILES string of the molecule is Cc1nc(CSc2ccccc2C(=O)Nc2ccc(CN3CCCCC3C)cc2)cs1. The van der Waals surface area contributed by atoms with Crippen LogP contribution in [0.4, 0.5) is 5.69 Å². The highest BCUT2D eigenvalue weighted by atomic mass is 32.2. The van der Waals surface area contributed by atoms with Gasteiger partial charge in [-0.3, -0.25) is 9.69 Å². The fourth-order valence-electron chi connectivity index (χ4n) is 3.93. The van der Waals surface area contributed by atoms with Crippen molar-refractivity contribution < 1.29 is 4.79 Å². The highest BCUT2D eigenvalue weighted by Crippen LogP contribution is 2.28. The first kappa shape index (κ1) is 22.1. The highest BCUT2D eigenvalue weighted by molar-refractivity contribution is 7.98. The van der Waals surface area contributed by atoms with E-state index in [0.29, 0.717) is 11.6 Å². The first-order valence-electron chi connectivity index (χ1n) is 10.9. The Morgan fingerprint density at radius 1 is 1.19 bits per heavy atom. The number of carbonyl (C=O) groups excluding carboxylic acids is 1. The maximum atomic E-state index is 12.9. The van der Waals surface area contributed by atoms with Crippen molar-refractivity contribution in [2.24, 2.45) is 0 Å². The molecule has 2 aromatic carbocycles. The topological polar surface area (TPSA) is 45.2 Å². The van der Waals surface area contributed by atoms with Crippen molar-refractivity contribution in [2.45, 2.75) is 56.3 Å². The molecule has 0 saturated carbocycles. The van der Waals surface area contributed by atoms with Crippen LogP contribution in [0.3, 0.4) is 0 Å². The first-order chi connectivity index (χ1) is 15.1. The molecule has 3 aromatic rings. The van der Waals surface area contributed by atoms with Gasteiger partial charge >= 0.3 is 0 Å². The number of thioether (sulfide) groups is 1. The Morgan fingerprint density at radius 3 is 2.74 bits per heavy atom. The van der Waals surface area contributed by atoms with Crippen LogP contribution in [-0.2, 0) is 12.3 Å². The van der Waals surface area contributed by atoms with E-state index in [0.717, 1.165) is 33.6 Å². The molecule has 6 heteroatoms. The molecule has 0 aliphatic carbocycles. The molecule has 0 radical (unpaired) electrons. The zero-order valence-corrected chi connectivity index (χ0v) is 19.8. The molecule has 162 valence electrons. The van der Waals surface area contributed by atoms with Gasteiger partial charge in [0, 0.05) is 34.3 Å². The number of nitrogens with one attached hydrogen (secondary N) is 1. The van der Waals surface area contributed by atoms with Crippen LogP contribution < -0.4 is 5.32 Å². The molecule has 4 nitrogen and oxygen atoms in total. The van der Waals surface area contributed by atoms with Gasteiger partial charge < -0.3 is 5.32 Å². The number of amides is 1. The fraction of sp³-hybridized carbons (Fsp3) is 0.360. The van der Waals surface area contributed by atoms with E-state index < -0.39 is 0 Å². The Labute approximate surface area is 193 Å². The van der Waals surface area contributed by atoms with Gasteiger partial charge in [-0.25, -0.2) is 4.98 Å². The molecule has 4 rings (SSSR count). The van der Waals surface area contributed by atoms with Gasteiger partial charge in [0.1, 0.15) is 0 Å². The summed E-state index contributed by atoms with van der Waals surface area (Å²) < 4.78 is 0. The maximum Gasteiger partial charge on any atom is 0.256 e. The third kappa shape index (κ3) is 5.97.